The predicted molar refractivity (Wildman–Crippen MR) is 82.3 cm³/mol. The van der Waals surface area contributed by atoms with Gasteiger partial charge in [-0.1, -0.05) is 12.1 Å². The van der Waals surface area contributed by atoms with Crippen LogP contribution >= 0.6 is 11.3 Å². The Labute approximate surface area is 126 Å². The normalized spacial score (nSPS) is 14.7. The third-order valence-electron chi connectivity index (χ3n) is 3.68. The summed E-state index contributed by atoms with van der Waals surface area (Å²) in [6.45, 7) is 1.28. The molecular weight excluding hydrogens is 286 g/mol. The number of rotatable bonds is 3. The SMILES string of the molecule is O=C1CCCN(Cc2ccsc2C(=O)O)c2ccccc21. The molecule has 0 atom stereocenters. The number of nitrogens with zero attached hydrogens (tertiary/aromatic N) is 1. The second kappa shape index (κ2) is 5.69. The Morgan fingerprint density at radius 2 is 2.10 bits per heavy atom. The summed E-state index contributed by atoms with van der Waals surface area (Å²) in [6.07, 6.45) is 1.34. The number of hydrogen-bond acceptors (Lipinski definition) is 4. The van der Waals surface area contributed by atoms with E-state index in [0.717, 1.165) is 29.8 Å². The van der Waals surface area contributed by atoms with E-state index < -0.39 is 5.97 Å². The number of benzene rings is 1. The maximum atomic E-state index is 12.1. The third-order valence-corrected chi connectivity index (χ3v) is 4.62. The van der Waals surface area contributed by atoms with Crippen LogP contribution in [0.25, 0.3) is 0 Å². The summed E-state index contributed by atoms with van der Waals surface area (Å²) in [6, 6.07) is 9.42. The van der Waals surface area contributed by atoms with Crippen LogP contribution in [-0.2, 0) is 6.54 Å². The molecule has 0 radical (unpaired) electrons. The van der Waals surface area contributed by atoms with Gasteiger partial charge in [-0.15, -0.1) is 11.3 Å². The molecule has 0 amide bonds. The fourth-order valence-electron chi connectivity index (χ4n) is 2.69. The van der Waals surface area contributed by atoms with Crippen molar-refractivity contribution in [2.24, 2.45) is 0 Å². The minimum atomic E-state index is -0.890. The summed E-state index contributed by atoms with van der Waals surface area (Å²) in [5.41, 5.74) is 2.45. The van der Waals surface area contributed by atoms with Crippen molar-refractivity contribution in [2.75, 3.05) is 11.4 Å². The lowest BCUT2D eigenvalue weighted by molar-refractivity contribution is 0.0701. The van der Waals surface area contributed by atoms with Crippen LogP contribution in [0.3, 0.4) is 0 Å². The van der Waals surface area contributed by atoms with Gasteiger partial charge in [-0.05, 0) is 35.6 Å². The van der Waals surface area contributed by atoms with Gasteiger partial charge in [-0.25, -0.2) is 4.79 Å². The average molecular weight is 301 g/mol. The average Bonchev–Trinajstić information content (AvgIpc) is 2.88. The largest absolute Gasteiger partial charge is 0.477 e. The molecule has 2 heterocycles. The first-order chi connectivity index (χ1) is 10.2. The molecule has 108 valence electrons. The molecule has 1 aliphatic heterocycles. The van der Waals surface area contributed by atoms with Crippen molar-refractivity contribution in [1.82, 2.24) is 0 Å². The number of carboxylic acid groups (broad SMARTS) is 1. The maximum absolute atomic E-state index is 12.1. The number of thiophene rings is 1. The zero-order chi connectivity index (χ0) is 14.8. The summed E-state index contributed by atoms with van der Waals surface area (Å²) in [5, 5.41) is 11.0. The number of aromatic carboxylic acids is 1. The number of para-hydroxylation sites is 1. The standard InChI is InChI=1S/C16H15NO3S/c18-14-6-3-8-17(13-5-2-1-4-12(13)14)10-11-7-9-21-15(11)16(19)20/h1-2,4-5,7,9H,3,6,8,10H2,(H,19,20). The summed E-state index contributed by atoms with van der Waals surface area (Å²) in [7, 11) is 0. The minimum absolute atomic E-state index is 0.164. The highest BCUT2D eigenvalue weighted by Gasteiger charge is 2.22. The summed E-state index contributed by atoms with van der Waals surface area (Å²) >= 11 is 1.24. The molecule has 0 unspecified atom stereocenters. The van der Waals surface area contributed by atoms with Crippen molar-refractivity contribution in [3.63, 3.8) is 0 Å². The van der Waals surface area contributed by atoms with Crippen LogP contribution in [0.15, 0.2) is 35.7 Å². The number of carboxylic acids is 1. The van der Waals surface area contributed by atoms with Crippen molar-refractivity contribution < 1.29 is 14.7 Å². The molecule has 0 saturated heterocycles. The molecule has 0 bridgehead atoms. The Bertz CT molecular complexity index is 692. The number of Topliss-reactive ketones (excluding diaryl/α,β-unsaturated/α-hetero) is 1. The summed E-state index contributed by atoms with van der Waals surface area (Å²) < 4.78 is 0. The molecule has 0 saturated carbocycles. The van der Waals surface area contributed by atoms with E-state index in [1.807, 2.05) is 30.3 Å². The van der Waals surface area contributed by atoms with Crippen molar-refractivity contribution in [2.45, 2.75) is 19.4 Å². The molecule has 4 nitrogen and oxygen atoms in total. The maximum Gasteiger partial charge on any atom is 0.346 e. The van der Waals surface area contributed by atoms with Gasteiger partial charge in [0.2, 0.25) is 0 Å². The highest BCUT2D eigenvalue weighted by molar-refractivity contribution is 7.12. The second-order valence-corrected chi connectivity index (χ2v) is 5.96. The smallest absolute Gasteiger partial charge is 0.346 e. The van der Waals surface area contributed by atoms with Crippen molar-refractivity contribution in [3.05, 3.63) is 51.7 Å². The Morgan fingerprint density at radius 1 is 1.29 bits per heavy atom. The van der Waals surface area contributed by atoms with E-state index in [1.165, 1.54) is 11.3 Å². The van der Waals surface area contributed by atoms with Gasteiger partial charge in [-0.2, -0.15) is 0 Å². The molecule has 5 heteroatoms. The van der Waals surface area contributed by atoms with E-state index in [2.05, 4.69) is 4.90 Å². The van der Waals surface area contributed by atoms with E-state index in [4.69, 9.17) is 0 Å². The lowest BCUT2D eigenvalue weighted by atomic mass is 10.1. The highest BCUT2D eigenvalue weighted by Crippen LogP contribution is 2.29. The Balaban J connectivity index is 1.95. The second-order valence-electron chi connectivity index (χ2n) is 5.05. The fraction of sp³-hybridized carbons (Fsp3) is 0.250. The number of hydrogen-bond donors (Lipinski definition) is 1. The number of carbonyl (C=O) groups is 2. The lowest BCUT2D eigenvalue weighted by Crippen LogP contribution is -2.24. The first-order valence-electron chi connectivity index (χ1n) is 6.83. The van der Waals surface area contributed by atoms with Crippen LogP contribution < -0.4 is 4.90 Å². The number of anilines is 1. The van der Waals surface area contributed by atoms with Gasteiger partial charge in [-0.3, -0.25) is 4.79 Å². The molecule has 0 spiro atoms. The summed E-state index contributed by atoms with van der Waals surface area (Å²) in [4.78, 5) is 25.8. The van der Waals surface area contributed by atoms with Crippen LogP contribution in [0.2, 0.25) is 0 Å². The Kier molecular flexibility index (Phi) is 3.75. The quantitative estimate of drug-likeness (QED) is 0.943. The van der Waals surface area contributed by atoms with Gasteiger partial charge < -0.3 is 10.0 Å². The van der Waals surface area contributed by atoms with E-state index in [0.29, 0.717) is 17.8 Å². The molecule has 0 fully saturated rings. The molecule has 0 aliphatic carbocycles. The van der Waals surface area contributed by atoms with Crippen molar-refractivity contribution in [3.8, 4) is 0 Å². The van der Waals surface area contributed by atoms with Crippen LogP contribution in [-0.4, -0.2) is 23.4 Å². The molecular formula is C16H15NO3S. The fourth-order valence-corrected chi connectivity index (χ4v) is 3.44. The highest BCUT2D eigenvalue weighted by atomic mass is 32.1. The van der Waals surface area contributed by atoms with E-state index in [-0.39, 0.29) is 5.78 Å². The molecule has 3 rings (SSSR count). The van der Waals surface area contributed by atoms with E-state index in [1.54, 1.807) is 5.38 Å². The van der Waals surface area contributed by atoms with Gasteiger partial charge in [0.25, 0.3) is 0 Å². The third kappa shape index (κ3) is 2.69. The van der Waals surface area contributed by atoms with Crippen LogP contribution in [0, 0.1) is 0 Å². The molecule has 1 aromatic heterocycles. The molecule has 1 aliphatic rings. The van der Waals surface area contributed by atoms with Crippen LogP contribution in [0.5, 0.6) is 0 Å². The summed E-state index contributed by atoms with van der Waals surface area (Å²) in [5.74, 6) is -0.726. The zero-order valence-corrected chi connectivity index (χ0v) is 12.2. The number of fused-ring (bicyclic) bond motifs is 1. The molecule has 1 aromatic carbocycles. The first kappa shape index (κ1) is 13.8. The van der Waals surface area contributed by atoms with Gasteiger partial charge in [0.15, 0.2) is 5.78 Å². The minimum Gasteiger partial charge on any atom is -0.477 e. The Hall–Kier alpha value is -2.14. The molecule has 1 N–H and O–H groups in total. The monoisotopic (exact) mass is 301 g/mol. The molecule has 21 heavy (non-hydrogen) atoms. The van der Waals surface area contributed by atoms with Gasteiger partial charge >= 0.3 is 5.97 Å². The zero-order valence-electron chi connectivity index (χ0n) is 11.4. The van der Waals surface area contributed by atoms with Crippen molar-refractivity contribution >= 4 is 28.8 Å². The number of ketones is 1. The first-order valence-corrected chi connectivity index (χ1v) is 7.71. The topological polar surface area (TPSA) is 57.6 Å². The van der Waals surface area contributed by atoms with E-state index >= 15 is 0 Å². The van der Waals surface area contributed by atoms with E-state index in [9.17, 15) is 14.7 Å². The van der Waals surface area contributed by atoms with Gasteiger partial charge in [0.1, 0.15) is 4.88 Å². The Morgan fingerprint density at radius 3 is 2.90 bits per heavy atom. The van der Waals surface area contributed by atoms with Crippen molar-refractivity contribution in [1.29, 1.82) is 0 Å². The lowest BCUT2D eigenvalue weighted by Gasteiger charge is -2.24. The van der Waals surface area contributed by atoms with Crippen LogP contribution in [0.4, 0.5) is 5.69 Å². The molecule has 2 aromatic rings. The van der Waals surface area contributed by atoms with Gasteiger partial charge in [0.05, 0.1) is 0 Å². The number of carbonyl (C=O) groups excluding carboxylic acids is 1. The van der Waals surface area contributed by atoms with Crippen LogP contribution in [0.1, 0.15) is 38.4 Å². The predicted octanol–water partition coefficient (Wildman–Crippen LogP) is 3.43. The van der Waals surface area contributed by atoms with Gasteiger partial charge in [0, 0.05) is 30.8 Å².